The smallest absolute Gasteiger partial charge is 0.309 e. The largest absolute Gasteiger partial charge is 0.466 e. The average Bonchev–Trinajstić information content (AvgIpc) is 2.38. The zero-order chi connectivity index (χ0) is 15.9. The van der Waals surface area contributed by atoms with Gasteiger partial charge >= 0.3 is 17.8 Å². The van der Waals surface area contributed by atoms with Crippen LogP contribution in [0.5, 0.6) is 0 Å². The van der Waals surface area contributed by atoms with Crippen molar-refractivity contribution in [2.45, 2.75) is 76.6 Å². The standard InChI is InChI=1S/C15H24F4O2/c1-14(16,17)15(18,19)9-5-6-10-21-13(20)11-12-7-3-2-4-8-12/h12H,2-11H2,1H3. The van der Waals surface area contributed by atoms with Gasteiger partial charge in [0, 0.05) is 19.8 Å². The van der Waals surface area contributed by atoms with Crippen molar-refractivity contribution >= 4 is 5.97 Å². The highest BCUT2D eigenvalue weighted by atomic mass is 19.3. The molecule has 0 radical (unpaired) electrons. The zero-order valence-electron chi connectivity index (χ0n) is 12.5. The Bertz CT molecular complexity index is 320. The van der Waals surface area contributed by atoms with E-state index in [4.69, 9.17) is 4.74 Å². The second-order valence-corrected chi connectivity index (χ2v) is 5.98. The maximum Gasteiger partial charge on any atom is 0.309 e. The van der Waals surface area contributed by atoms with Gasteiger partial charge in [-0.2, -0.15) is 8.78 Å². The van der Waals surface area contributed by atoms with Crippen molar-refractivity contribution in [3.8, 4) is 0 Å². The van der Waals surface area contributed by atoms with Gasteiger partial charge < -0.3 is 4.74 Å². The molecule has 0 amide bonds. The summed E-state index contributed by atoms with van der Waals surface area (Å²) >= 11 is 0. The molecule has 1 aliphatic rings. The molecule has 0 unspecified atom stereocenters. The molecule has 0 heterocycles. The van der Waals surface area contributed by atoms with Crippen LogP contribution in [0.4, 0.5) is 17.6 Å². The molecule has 1 rings (SSSR count). The van der Waals surface area contributed by atoms with Gasteiger partial charge in [-0.15, -0.1) is 0 Å². The molecule has 0 N–H and O–H groups in total. The van der Waals surface area contributed by atoms with Gasteiger partial charge in [0.05, 0.1) is 6.61 Å². The molecule has 0 spiro atoms. The average molecular weight is 312 g/mol. The normalized spacial score (nSPS) is 17.8. The van der Waals surface area contributed by atoms with Crippen molar-refractivity contribution in [2.24, 2.45) is 5.92 Å². The molecule has 0 aliphatic heterocycles. The highest BCUT2D eigenvalue weighted by molar-refractivity contribution is 5.69. The van der Waals surface area contributed by atoms with Gasteiger partial charge in [-0.25, -0.2) is 8.78 Å². The monoisotopic (exact) mass is 312 g/mol. The number of carbonyl (C=O) groups is 1. The van der Waals surface area contributed by atoms with Crippen molar-refractivity contribution in [3.05, 3.63) is 0 Å². The van der Waals surface area contributed by atoms with E-state index in [9.17, 15) is 22.4 Å². The number of carbonyl (C=O) groups excluding carboxylic acids is 1. The molecular weight excluding hydrogens is 288 g/mol. The summed E-state index contributed by atoms with van der Waals surface area (Å²) in [5.41, 5.74) is 0. The number of hydrogen-bond acceptors (Lipinski definition) is 2. The van der Waals surface area contributed by atoms with Gasteiger partial charge in [-0.3, -0.25) is 4.79 Å². The van der Waals surface area contributed by atoms with Gasteiger partial charge in [0.2, 0.25) is 0 Å². The lowest BCUT2D eigenvalue weighted by Crippen LogP contribution is -2.37. The van der Waals surface area contributed by atoms with E-state index >= 15 is 0 Å². The molecular formula is C15H24F4O2. The Labute approximate surface area is 123 Å². The van der Waals surface area contributed by atoms with E-state index in [0.29, 0.717) is 12.3 Å². The lowest BCUT2D eigenvalue weighted by atomic mass is 9.87. The Morgan fingerprint density at radius 1 is 1.10 bits per heavy atom. The van der Waals surface area contributed by atoms with Gasteiger partial charge in [0.15, 0.2) is 0 Å². The first-order valence-corrected chi connectivity index (χ1v) is 7.63. The summed E-state index contributed by atoms with van der Waals surface area (Å²) in [5, 5.41) is 0. The van der Waals surface area contributed by atoms with Crippen LogP contribution in [0, 0.1) is 5.92 Å². The summed E-state index contributed by atoms with van der Waals surface area (Å²) in [6, 6.07) is 0. The first-order valence-electron chi connectivity index (χ1n) is 7.63. The number of rotatable bonds is 8. The topological polar surface area (TPSA) is 26.3 Å². The van der Waals surface area contributed by atoms with Gasteiger partial charge in [0.1, 0.15) is 0 Å². The molecule has 0 aromatic carbocycles. The molecule has 0 aromatic heterocycles. The van der Waals surface area contributed by atoms with E-state index < -0.39 is 18.3 Å². The summed E-state index contributed by atoms with van der Waals surface area (Å²) in [6.45, 7) is 0.244. The first-order chi connectivity index (χ1) is 9.72. The third-order valence-electron chi connectivity index (χ3n) is 3.97. The van der Waals surface area contributed by atoms with Crippen LogP contribution in [0.1, 0.15) is 64.7 Å². The van der Waals surface area contributed by atoms with Crippen LogP contribution in [0.3, 0.4) is 0 Å². The molecule has 0 atom stereocenters. The van der Waals surface area contributed by atoms with E-state index in [2.05, 4.69) is 0 Å². The Balaban J connectivity index is 2.09. The molecule has 0 bridgehead atoms. The predicted octanol–water partition coefficient (Wildman–Crippen LogP) is 4.96. The van der Waals surface area contributed by atoms with Crippen LogP contribution in [0.25, 0.3) is 0 Å². The fourth-order valence-electron chi connectivity index (χ4n) is 2.54. The third-order valence-corrected chi connectivity index (χ3v) is 3.97. The third kappa shape index (κ3) is 6.66. The Morgan fingerprint density at radius 2 is 1.71 bits per heavy atom. The number of alkyl halides is 4. The lowest BCUT2D eigenvalue weighted by molar-refractivity contribution is -0.201. The van der Waals surface area contributed by atoms with Gasteiger partial charge in [-0.1, -0.05) is 19.3 Å². The first kappa shape index (κ1) is 18.2. The highest BCUT2D eigenvalue weighted by Crippen LogP contribution is 2.37. The maximum atomic E-state index is 13.0. The Kier molecular flexibility index (Phi) is 6.94. The van der Waals surface area contributed by atoms with Crippen molar-refractivity contribution in [1.82, 2.24) is 0 Å². The Morgan fingerprint density at radius 3 is 2.29 bits per heavy atom. The quantitative estimate of drug-likeness (QED) is 0.360. The second kappa shape index (κ2) is 7.99. The van der Waals surface area contributed by atoms with Gasteiger partial charge in [0.25, 0.3) is 0 Å². The fraction of sp³-hybridized carbons (Fsp3) is 0.933. The lowest BCUT2D eigenvalue weighted by Gasteiger charge is -2.23. The summed E-state index contributed by atoms with van der Waals surface area (Å²) < 4.78 is 56.0. The van der Waals surface area contributed by atoms with Crippen LogP contribution < -0.4 is 0 Å². The number of unbranched alkanes of at least 4 members (excludes halogenated alkanes) is 1. The fourth-order valence-corrected chi connectivity index (χ4v) is 2.54. The van der Waals surface area contributed by atoms with E-state index in [1.165, 1.54) is 6.42 Å². The summed E-state index contributed by atoms with van der Waals surface area (Å²) in [5.74, 6) is -7.95. The van der Waals surface area contributed by atoms with Crippen molar-refractivity contribution in [2.75, 3.05) is 6.61 Å². The van der Waals surface area contributed by atoms with Crippen LogP contribution in [0.15, 0.2) is 0 Å². The molecule has 6 heteroatoms. The highest BCUT2D eigenvalue weighted by Gasteiger charge is 2.51. The maximum absolute atomic E-state index is 13.0. The van der Waals surface area contributed by atoms with Crippen LogP contribution in [0.2, 0.25) is 0 Å². The summed E-state index contributed by atoms with van der Waals surface area (Å²) in [6.07, 6.45) is 5.13. The van der Waals surface area contributed by atoms with Crippen LogP contribution in [-0.4, -0.2) is 24.4 Å². The number of halogens is 4. The molecule has 21 heavy (non-hydrogen) atoms. The van der Waals surface area contributed by atoms with E-state index in [1.54, 1.807) is 0 Å². The minimum Gasteiger partial charge on any atom is -0.466 e. The Hall–Kier alpha value is -0.810. The molecule has 124 valence electrons. The molecule has 2 nitrogen and oxygen atoms in total. The predicted molar refractivity (Wildman–Crippen MR) is 71.6 cm³/mol. The summed E-state index contributed by atoms with van der Waals surface area (Å²) in [4.78, 5) is 11.5. The zero-order valence-corrected chi connectivity index (χ0v) is 12.5. The van der Waals surface area contributed by atoms with E-state index in [0.717, 1.165) is 25.7 Å². The molecule has 0 aromatic rings. The van der Waals surface area contributed by atoms with Crippen LogP contribution in [-0.2, 0) is 9.53 Å². The van der Waals surface area contributed by atoms with Gasteiger partial charge in [-0.05, 0) is 31.6 Å². The minimum atomic E-state index is -4.01. The molecule has 1 fully saturated rings. The molecule has 1 saturated carbocycles. The van der Waals surface area contributed by atoms with Crippen molar-refractivity contribution in [3.63, 3.8) is 0 Å². The number of esters is 1. The number of ether oxygens (including phenoxy) is 1. The molecule has 0 saturated heterocycles. The summed E-state index contributed by atoms with van der Waals surface area (Å²) in [7, 11) is 0. The second-order valence-electron chi connectivity index (χ2n) is 5.98. The SMILES string of the molecule is CC(F)(F)C(F)(F)CCCCOC(=O)CC1CCCCC1. The van der Waals surface area contributed by atoms with Crippen molar-refractivity contribution < 1.29 is 27.1 Å². The van der Waals surface area contributed by atoms with E-state index in [1.807, 2.05) is 0 Å². The minimum absolute atomic E-state index is 0.0247. The van der Waals surface area contributed by atoms with Crippen molar-refractivity contribution in [1.29, 1.82) is 0 Å². The van der Waals surface area contributed by atoms with E-state index in [-0.39, 0.29) is 32.3 Å². The number of hydrogen-bond donors (Lipinski definition) is 0. The van der Waals surface area contributed by atoms with Crippen LogP contribution >= 0.6 is 0 Å². The molecule has 1 aliphatic carbocycles.